The molecule has 0 N–H and O–H groups in total. The molecule has 0 radical (unpaired) electrons. The first-order valence-electron chi connectivity index (χ1n) is 18.8. The number of hydrogen-bond donors (Lipinski definition) is 0. The summed E-state index contributed by atoms with van der Waals surface area (Å²) in [6.45, 7) is 9.94. The summed E-state index contributed by atoms with van der Waals surface area (Å²) < 4.78 is 0. The zero-order chi connectivity index (χ0) is 36.6. The smallest absolute Gasteiger partial charge is 0.164 e. The standard InChI is InChI=1S/C49H39N3Si2/c1-53(2)43-26-15-14-23-38(43)42-31-36(30-40(46(42)53)33-19-10-6-11-20-33)49-51-47(34-21-12-7-13-22-34)50-48(52-49)35-27-28-44-41(29-35)39-25-16-24-37(45(39)54(44,3)4)32-17-8-5-9-18-32/h5-31H,1-4H3. The van der Waals surface area contributed by atoms with Crippen LogP contribution in [0.1, 0.15) is 0 Å². The lowest BCUT2D eigenvalue weighted by Gasteiger charge is -2.23. The van der Waals surface area contributed by atoms with Crippen LogP contribution < -0.4 is 20.7 Å². The minimum atomic E-state index is -2.00. The predicted octanol–water partition coefficient (Wildman–Crippen LogP) is 9.81. The van der Waals surface area contributed by atoms with Gasteiger partial charge < -0.3 is 0 Å². The second-order valence-electron chi connectivity index (χ2n) is 15.6. The van der Waals surface area contributed by atoms with Crippen LogP contribution in [0.25, 0.3) is 78.7 Å². The molecule has 3 nitrogen and oxygen atoms in total. The fourth-order valence-electron chi connectivity index (χ4n) is 9.14. The lowest BCUT2D eigenvalue weighted by atomic mass is 9.95. The topological polar surface area (TPSA) is 38.7 Å². The van der Waals surface area contributed by atoms with E-state index in [2.05, 4.69) is 172 Å². The van der Waals surface area contributed by atoms with E-state index < -0.39 is 16.1 Å². The number of fused-ring (bicyclic) bond motifs is 6. The molecule has 54 heavy (non-hydrogen) atoms. The minimum Gasteiger partial charge on any atom is -0.208 e. The highest BCUT2D eigenvalue weighted by Crippen LogP contribution is 2.39. The van der Waals surface area contributed by atoms with Crippen molar-refractivity contribution in [1.82, 2.24) is 15.0 Å². The van der Waals surface area contributed by atoms with Gasteiger partial charge in [-0.2, -0.15) is 0 Å². The molecule has 0 aliphatic carbocycles. The van der Waals surface area contributed by atoms with Crippen molar-refractivity contribution in [1.29, 1.82) is 0 Å². The first-order chi connectivity index (χ1) is 26.3. The molecule has 3 heterocycles. The number of aromatic nitrogens is 3. The summed E-state index contributed by atoms with van der Waals surface area (Å²) in [5.41, 5.74) is 13.4. The van der Waals surface area contributed by atoms with E-state index in [1.807, 2.05) is 18.2 Å². The maximum Gasteiger partial charge on any atom is 0.164 e. The average Bonchev–Trinajstić information content (AvgIpc) is 3.60. The molecule has 0 unspecified atom stereocenters. The van der Waals surface area contributed by atoms with Crippen LogP contribution in [-0.2, 0) is 0 Å². The Morgan fingerprint density at radius 2 is 0.741 bits per heavy atom. The Labute approximate surface area is 319 Å². The van der Waals surface area contributed by atoms with Crippen molar-refractivity contribution in [3.8, 4) is 78.7 Å². The maximum atomic E-state index is 5.34. The molecular weight excluding hydrogens is 687 g/mol. The highest BCUT2D eigenvalue weighted by molar-refractivity contribution is 7.05. The van der Waals surface area contributed by atoms with Crippen molar-refractivity contribution in [3.05, 3.63) is 164 Å². The molecule has 0 amide bonds. The Hall–Kier alpha value is -6.02. The molecule has 0 atom stereocenters. The van der Waals surface area contributed by atoms with E-state index in [9.17, 15) is 0 Å². The zero-order valence-electron chi connectivity index (χ0n) is 30.9. The molecule has 0 spiro atoms. The van der Waals surface area contributed by atoms with E-state index in [4.69, 9.17) is 15.0 Å². The van der Waals surface area contributed by atoms with Crippen LogP contribution in [0.4, 0.5) is 0 Å². The number of hydrogen-bond acceptors (Lipinski definition) is 3. The summed E-state index contributed by atoms with van der Waals surface area (Å²) in [7, 11) is -3.99. The summed E-state index contributed by atoms with van der Waals surface area (Å²) in [4.78, 5) is 15.8. The summed E-state index contributed by atoms with van der Waals surface area (Å²) in [5.74, 6) is 2.05. The van der Waals surface area contributed by atoms with E-state index in [-0.39, 0.29) is 0 Å². The van der Waals surface area contributed by atoms with Crippen molar-refractivity contribution < 1.29 is 0 Å². The van der Waals surface area contributed by atoms with Crippen LogP contribution in [0, 0.1) is 0 Å². The van der Waals surface area contributed by atoms with Crippen LogP contribution in [0.2, 0.25) is 26.2 Å². The molecule has 0 bridgehead atoms. The van der Waals surface area contributed by atoms with E-state index in [1.165, 1.54) is 65.3 Å². The second-order valence-corrected chi connectivity index (χ2v) is 24.2. The van der Waals surface area contributed by atoms with Crippen molar-refractivity contribution in [2.24, 2.45) is 0 Å². The monoisotopic (exact) mass is 725 g/mol. The van der Waals surface area contributed by atoms with Gasteiger partial charge in [0.05, 0.1) is 0 Å². The highest BCUT2D eigenvalue weighted by Gasteiger charge is 2.41. The van der Waals surface area contributed by atoms with Crippen LogP contribution in [0.3, 0.4) is 0 Å². The molecule has 2 aliphatic heterocycles. The minimum absolute atomic E-state index is 0.675. The summed E-state index contributed by atoms with van der Waals surface area (Å²) in [6.07, 6.45) is 0. The first-order valence-corrected chi connectivity index (χ1v) is 24.8. The van der Waals surface area contributed by atoms with Gasteiger partial charge in [-0.25, -0.2) is 15.0 Å². The van der Waals surface area contributed by atoms with Crippen molar-refractivity contribution in [3.63, 3.8) is 0 Å². The molecule has 8 aromatic rings. The van der Waals surface area contributed by atoms with Crippen molar-refractivity contribution in [2.45, 2.75) is 26.2 Å². The van der Waals surface area contributed by atoms with Crippen molar-refractivity contribution in [2.75, 3.05) is 0 Å². The molecule has 2 aliphatic rings. The molecule has 0 saturated carbocycles. The van der Waals surface area contributed by atoms with Gasteiger partial charge in [0, 0.05) is 16.7 Å². The van der Waals surface area contributed by atoms with E-state index >= 15 is 0 Å². The largest absolute Gasteiger partial charge is 0.208 e. The SMILES string of the molecule is C[Si]1(C)c2ccc(-c3nc(-c4ccccc4)nc(-c4cc(-c5ccccc5)c5c(c4)-c4ccccc4[Si]5(C)C)n3)cc2-c2cccc(-c3ccccc3)c21. The van der Waals surface area contributed by atoms with Crippen LogP contribution in [0.15, 0.2) is 164 Å². The van der Waals surface area contributed by atoms with Gasteiger partial charge in [0.15, 0.2) is 17.5 Å². The van der Waals surface area contributed by atoms with E-state index in [0.29, 0.717) is 17.5 Å². The second kappa shape index (κ2) is 12.3. The Morgan fingerprint density at radius 3 is 1.41 bits per heavy atom. The predicted molar refractivity (Wildman–Crippen MR) is 231 cm³/mol. The molecule has 10 rings (SSSR count). The lowest BCUT2D eigenvalue weighted by Crippen LogP contribution is -2.50. The number of benzene rings is 7. The van der Waals surface area contributed by atoms with Crippen molar-refractivity contribution >= 4 is 36.9 Å². The maximum absolute atomic E-state index is 5.34. The third-order valence-corrected chi connectivity index (χ3v) is 18.8. The molecule has 0 saturated heterocycles. The Morgan fingerprint density at radius 1 is 0.296 bits per heavy atom. The van der Waals surface area contributed by atoms with Gasteiger partial charge in [-0.15, -0.1) is 0 Å². The number of nitrogens with zero attached hydrogens (tertiary/aromatic N) is 3. The van der Waals surface area contributed by atoms with Gasteiger partial charge in [-0.1, -0.05) is 172 Å². The zero-order valence-corrected chi connectivity index (χ0v) is 32.9. The van der Waals surface area contributed by atoms with Crippen LogP contribution >= 0.6 is 0 Å². The van der Waals surface area contributed by atoms with Gasteiger partial charge in [-0.05, 0) is 83.5 Å². The van der Waals surface area contributed by atoms with E-state index in [0.717, 1.165) is 16.7 Å². The van der Waals surface area contributed by atoms with Gasteiger partial charge >= 0.3 is 0 Å². The first kappa shape index (κ1) is 32.6. The number of rotatable bonds is 5. The summed E-state index contributed by atoms with van der Waals surface area (Å²) >= 11 is 0. The summed E-state index contributed by atoms with van der Waals surface area (Å²) in [6, 6.07) is 59.4. The quantitative estimate of drug-likeness (QED) is 0.166. The van der Waals surface area contributed by atoms with Gasteiger partial charge in [-0.3, -0.25) is 0 Å². The Kier molecular flexibility index (Phi) is 7.41. The molecular formula is C49H39N3Si2. The lowest BCUT2D eigenvalue weighted by molar-refractivity contribution is 1.07. The molecule has 0 fully saturated rings. The fraction of sp³-hybridized carbons (Fsp3) is 0.0816. The summed E-state index contributed by atoms with van der Waals surface area (Å²) in [5, 5.41) is 5.92. The van der Waals surface area contributed by atoms with Crippen LogP contribution in [-0.4, -0.2) is 31.1 Å². The molecule has 258 valence electrons. The third kappa shape index (κ3) is 5.03. The third-order valence-electron chi connectivity index (χ3n) is 11.7. The van der Waals surface area contributed by atoms with Crippen LogP contribution in [0.5, 0.6) is 0 Å². The molecule has 1 aromatic heterocycles. The fourth-order valence-corrected chi connectivity index (χ4v) is 16.0. The van der Waals surface area contributed by atoms with Gasteiger partial charge in [0.25, 0.3) is 0 Å². The Balaban J connectivity index is 1.19. The van der Waals surface area contributed by atoms with Gasteiger partial charge in [0.2, 0.25) is 0 Å². The average molecular weight is 726 g/mol. The highest BCUT2D eigenvalue weighted by atomic mass is 28.3. The Bertz CT molecular complexity index is 2760. The van der Waals surface area contributed by atoms with E-state index in [1.54, 1.807) is 0 Å². The molecule has 5 heteroatoms. The van der Waals surface area contributed by atoms with Gasteiger partial charge in [0.1, 0.15) is 16.1 Å². The molecule has 7 aromatic carbocycles. The normalized spacial score (nSPS) is 14.2.